The first kappa shape index (κ1) is 12.8. The average Bonchev–Trinajstić information content (AvgIpc) is 3.06. The summed E-state index contributed by atoms with van der Waals surface area (Å²) >= 11 is 1.64. The van der Waals surface area contributed by atoms with Crippen molar-refractivity contribution in [1.82, 2.24) is 15.1 Å². The first-order chi connectivity index (χ1) is 9.70. The molecule has 0 unspecified atom stereocenters. The Bertz CT molecular complexity index is 703. The predicted octanol–water partition coefficient (Wildman–Crippen LogP) is 3.39. The highest BCUT2D eigenvalue weighted by Crippen LogP contribution is 2.24. The molecular weight excluding hydrogens is 274 g/mol. The highest BCUT2D eigenvalue weighted by Gasteiger charge is 2.05. The molecule has 20 heavy (non-hydrogen) atoms. The van der Waals surface area contributed by atoms with Gasteiger partial charge in [-0.1, -0.05) is 5.16 Å². The summed E-state index contributed by atoms with van der Waals surface area (Å²) in [7, 11) is 0. The number of aryl methyl sites for hydroxylation is 2. The highest BCUT2D eigenvalue weighted by molar-refractivity contribution is 7.09. The van der Waals surface area contributed by atoms with E-state index in [0.29, 0.717) is 11.7 Å². The number of nitrogens with zero attached hydrogens (tertiary/aromatic N) is 3. The molecule has 3 rings (SSSR count). The maximum Gasteiger partial charge on any atom is 0.264 e. The summed E-state index contributed by atoms with van der Waals surface area (Å²) in [4.78, 5) is 8.53. The zero-order valence-corrected chi connectivity index (χ0v) is 12.0. The topological polar surface area (TPSA) is 61.0 Å². The van der Waals surface area contributed by atoms with Gasteiger partial charge in [-0.05, 0) is 38.1 Å². The van der Waals surface area contributed by atoms with Crippen LogP contribution in [0.3, 0.4) is 0 Å². The minimum absolute atomic E-state index is 0.274. The lowest BCUT2D eigenvalue weighted by molar-refractivity contribution is 0.242. The zero-order valence-electron chi connectivity index (χ0n) is 11.2. The van der Waals surface area contributed by atoms with Gasteiger partial charge in [-0.25, -0.2) is 4.98 Å². The standard InChI is InChI=1S/C14H13N3O2S/c1-9-15-14(19-17-9)7-18-12-5-3-11(4-6-12)13-8-20-10(2)16-13/h3-6,8H,7H2,1-2H3. The van der Waals surface area contributed by atoms with Gasteiger partial charge >= 0.3 is 0 Å². The van der Waals surface area contributed by atoms with Crippen molar-refractivity contribution in [3.8, 4) is 17.0 Å². The zero-order chi connectivity index (χ0) is 13.9. The van der Waals surface area contributed by atoms with Crippen LogP contribution in [0.1, 0.15) is 16.7 Å². The van der Waals surface area contributed by atoms with E-state index in [4.69, 9.17) is 9.26 Å². The Labute approximate surface area is 120 Å². The largest absolute Gasteiger partial charge is 0.484 e. The second-order valence-corrected chi connectivity index (χ2v) is 5.36. The summed E-state index contributed by atoms with van der Waals surface area (Å²) in [6, 6.07) is 7.80. The SMILES string of the molecule is Cc1noc(COc2ccc(-c3csc(C)n3)cc2)n1. The van der Waals surface area contributed by atoms with Gasteiger partial charge in [0.1, 0.15) is 5.75 Å². The number of hydrogen-bond acceptors (Lipinski definition) is 6. The molecule has 6 heteroatoms. The van der Waals surface area contributed by atoms with Crippen molar-refractivity contribution in [1.29, 1.82) is 0 Å². The molecule has 0 aliphatic rings. The monoisotopic (exact) mass is 287 g/mol. The molecule has 2 heterocycles. The Balaban J connectivity index is 1.67. The molecular formula is C14H13N3O2S. The van der Waals surface area contributed by atoms with Gasteiger partial charge in [0, 0.05) is 10.9 Å². The third-order valence-corrected chi connectivity index (χ3v) is 3.47. The van der Waals surface area contributed by atoms with Crippen LogP contribution in [0.15, 0.2) is 34.2 Å². The van der Waals surface area contributed by atoms with Crippen LogP contribution in [0.2, 0.25) is 0 Å². The van der Waals surface area contributed by atoms with E-state index in [-0.39, 0.29) is 6.61 Å². The van der Waals surface area contributed by atoms with Gasteiger partial charge in [-0.3, -0.25) is 0 Å². The minimum atomic E-state index is 0.274. The molecule has 0 fully saturated rings. The fraction of sp³-hybridized carbons (Fsp3) is 0.214. The van der Waals surface area contributed by atoms with Crippen LogP contribution < -0.4 is 4.74 Å². The summed E-state index contributed by atoms with van der Waals surface area (Å²) in [5, 5.41) is 6.82. The fourth-order valence-corrected chi connectivity index (χ4v) is 2.38. The molecule has 0 saturated heterocycles. The normalized spacial score (nSPS) is 10.7. The van der Waals surface area contributed by atoms with E-state index in [1.807, 2.05) is 36.6 Å². The lowest BCUT2D eigenvalue weighted by atomic mass is 10.2. The first-order valence-corrected chi connectivity index (χ1v) is 7.03. The number of rotatable bonds is 4. The minimum Gasteiger partial charge on any atom is -0.484 e. The van der Waals surface area contributed by atoms with Crippen LogP contribution >= 0.6 is 11.3 Å². The molecule has 0 atom stereocenters. The van der Waals surface area contributed by atoms with E-state index in [1.165, 1.54) is 0 Å². The van der Waals surface area contributed by atoms with Gasteiger partial charge in [-0.15, -0.1) is 11.3 Å². The molecule has 0 N–H and O–H groups in total. The molecule has 3 aromatic rings. The second kappa shape index (κ2) is 5.42. The van der Waals surface area contributed by atoms with E-state index in [1.54, 1.807) is 18.3 Å². The number of hydrogen-bond donors (Lipinski definition) is 0. The molecule has 2 aromatic heterocycles. The van der Waals surface area contributed by atoms with E-state index in [0.717, 1.165) is 22.0 Å². The van der Waals surface area contributed by atoms with Crippen LogP contribution in [-0.2, 0) is 6.61 Å². The molecule has 0 amide bonds. The van der Waals surface area contributed by atoms with Crippen molar-refractivity contribution in [2.75, 3.05) is 0 Å². The van der Waals surface area contributed by atoms with Gasteiger partial charge in [-0.2, -0.15) is 4.98 Å². The van der Waals surface area contributed by atoms with Gasteiger partial charge in [0.25, 0.3) is 5.89 Å². The molecule has 0 aliphatic carbocycles. The van der Waals surface area contributed by atoms with Crippen LogP contribution in [0.5, 0.6) is 5.75 Å². The van der Waals surface area contributed by atoms with Crippen molar-refractivity contribution in [2.24, 2.45) is 0 Å². The summed E-state index contributed by atoms with van der Waals surface area (Å²) < 4.78 is 10.6. The molecule has 5 nitrogen and oxygen atoms in total. The van der Waals surface area contributed by atoms with Crippen molar-refractivity contribution >= 4 is 11.3 Å². The highest BCUT2D eigenvalue weighted by atomic mass is 32.1. The van der Waals surface area contributed by atoms with Crippen molar-refractivity contribution < 1.29 is 9.26 Å². The number of ether oxygens (including phenoxy) is 1. The molecule has 0 spiro atoms. The molecule has 0 radical (unpaired) electrons. The van der Waals surface area contributed by atoms with Crippen molar-refractivity contribution in [3.05, 3.63) is 46.4 Å². The van der Waals surface area contributed by atoms with Gasteiger partial charge in [0.15, 0.2) is 12.4 Å². The maximum atomic E-state index is 5.59. The van der Waals surface area contributed by atoms with E-state index in [2.05, 4.69) is 15.1 Å². The molecule has 0 aliphatic heterocycles. The first-order valence-electron chi connectivity index (χ1n) is 6.15. The second-order valence-electron chi connectivity index (χ2n) is 4.30. The Morgan fingerprint density at radius 2 is 1.95 bits per heavy atom. The third kappa shape index (κ3) is 2.85. The Morgan fingerprint density at radius 1 is 1.15 bits per heavy atom. The number of thiazole rings is 1. The summed E-state index contributed by atoms with van der Waals surface area (Å²) in [5.41, 5.74) is 2.07. The summed E-state index contributed by atoms with van der Waals surface area (Å²) in [5.74, 6) is 1.84. The Hall–Kier alpha value is -2.21. The molecule has 1 aromatic carbocycles. The third-order valence-electron chi connectivity index (χ3n) is 2.70. The molecule has 0 bridgehead atoms. The lowest BCUT2D eigenvalue weighted by Gasteiger charge is -2.03. The van der Waals surface area contributed by atoms with Crippen molar-refractivity contribution in [2.45, 2.75) is 20.5 Å². The van der Waals surface area contributed by atoms with Gasteiger partial charge in [0.2, 0.25) is 0 Å². The van der Waals surface area contributed by atoms with Gasteiger partial charge < -0.3 is 9.26 Å². The predicted molar refractivity (Wildman–Crippen MR) is 75.7 cm³/mol. The lowest BCUT2D eigenvalue weighted by Crippen LogP contribution is -1.95. The van der Waals surface area contributed by atoms with Crippen LogP contribution in [0.25, 0.3) is 11.3 Å². The average molecular weight is 287 g/mol. The fourth-order valence-electron chi connectivity index (χ4n) is 1.76. The van der Waals surface area contributed by atoms with E-state index in [9.17, 15) is 0 Å². The maximum absolute atomic E-state index is 5.59. The Morgan fingerprint density at radius 3 is 2.55 bits per heavy atom. The molecule has 0 saturated carbocycles. The quantitative estimate of drug-likeness (QED) is 0.736. The van der Waals surface area contributed by atoms with Crippen LogP contribution in [-0.4, -0.2) is 15.1 Å². The van der Waals surface area contributed by atoms with Gasteiger partial charge in [0.05, 0.1) is 10.7 Å². The van der Waals surface area contributed by atoms with Crippen LogP contribution in [0, 0.1) is 13.8 Å². The number of benzene rings is 1. The smallest absolute Gasteiger partial charge is 0.264 e. The van der Waals surface area contributed by atoms with Crippen LogP contribution in [0.4, 0.5) is 0 Å². The molecule has 102 valence electrons. The van der Waals surface area contributed by atoms with Crippen molar-refractivity contribution in [3.63, 3.8) is 0 Å². The van der Waals surface area contributed by atoms with E-state index < -0.39 is 0 Å². The summed E-state index contributed by atoms with van der Waals surface area (Å²) in [6.45, 7) is 4.05. The Kier molecular flexibility index (Phi) is 3.47. The summed E-state index contributed by atoms with van der Waals surface area (Å²) in [6.07, 6.45) is 0. The van der Waals surface area contributed by atoms with E-state index >= 15 is 0 Å². The number of aromatic nitrogens is 3.